The Morgan fingerprint density at radius 2 is 1.27 bits per heavy atom. The van der Waals surface area contributed by atoms with E-state index in [2.05, 4.69) is 12.6 Å². The summed E-state index contributed by atoms with van der Waals surface area (Å²) in [6, 6.07) is 14.7. The van der Waals surface area contributed by atoms with Crippen LogP contribution in [0.4, 0.5) is 0 Å². The monoisotopic (exact) mass is 419 g/mol. The van der Waals surface area contributed by atoms with E-state index in [4.69, 9.17) is 35.4 Å². The van der Waals surface area contributed by atoms with Gasteiger partial charge in [-0.15, -0.1) is 12.6 Å². The van der Waals surface area contributed by atoms with Crippen LogP contribution in [0.5, 0.6) is 0 Å². The topological polar surface area (TPSA) is 20.3 Å². The fourth-order valence-electron chi connectivity index (χ4n) is 2.70. The molecule has 3 rings (SSSR count). The third-order valence-corrected chi connectivity index (χ3v) is 5.04. The molecule has 2 aromatic rings. The number of benzene rings is 2. The van der Waals surface area contributed by atoms with Crippen molar-refractivity contribution in [3.8, 4) is 0 Å². The largest absolute Gasteiger partial charge is 0.349 e. The van der Waals surface area contributed by atoms with Crippen LogP contribution < -0.4 is 0 Å². The van der Waals surface area contributed by atoms with Gasteiger partial charge < -0.3 is 4.90 Å². The van der Waals surface area contributed by atoms with E-state index in [1.807, 2.05) is 41.3 Å². The molecule has 26 heavy (non-hydrogen) atoms. The maximum atomic E-state index is 13.0. The first-order valence-corrected chi connectivity index (χ1v) is 9.48. The van der Waals surface area contributed by atoms with Gasteiger partial charge in [-0.2, -0.15) is 0 Å². The number of piperidine rings is 1. The Balaban J connectivity index is 1.97. The van der Waals surface area contributed by atoms with Gasteiger partial charge in [0.2, 0.25) is 0 Å². The molecule has 0 radical (unpaired) electrons. The summed E-state index contributed by atoms with van der Waals surface area (Å²) < 4.78 is 0.460. The van der Waals surface area contributed by atoms with E-state index in [0.717, 1.165) is 11.1 Å². The Bertz CT molecular complexity index is 835. The van der Waals surface area contributed by atoms with Gasteiger partial charge >= 0.3 is 0 Å². The molecule has 0 atom stereocenters. The molecule has 1 heterocycles. The Hall–Kier alpha value is -1.59. The second kappa shape index (κ2) is 8.40. The van der Waals surface area contributed by atoms with Crippen molar-refractivity contribution in [2.24, 2.45) is 0 Å². The number of nitrogens with zero attached hydrogens (tertiary/aromatic N) is 1. The summed E-state index contributed by atoms with van der Waals surface area (Å²) in [6.07, 6.45) is 3.74. The highest BCUT2D eigenvalue weighted by Gasteiger charge is 2.26. The molecule has 132 valence electrons. The number of carbonyl (C=O) groups is 1. The number of Topliss-reactive ketones (excluding diaryl/α,β-unsaturated/α-hetero) is 1. The minimum atomic E-state index is 0.00994. The van der Waals surface area contributed by atoms with Crippen molar-refractivity contribution < 1.29 is 4.79 Å². The minimum Gasteiger partial charge on any atom is -0.349 e. The van der Waals surface area contributed by atoms with Gasteiger partial charge in [0.15, 0.2) is 5.78 Å². The second-order valence-electron chi connectivity index (χ2n) is 5.91. The highest BCUT2D eigenvalue weighted by Crippen LogP contribution is 2.24. The Kier molecular flexibility index (Phi) is 6.20. The van der Waals surface area contributed by atoms with Gasteiger partial charge in [-0.25, -0.2) is 0 Å². The summed E-state index contributed by atoms with van der Waals surface area (Å²) >= 11 is 21.4. The van der Waals surface area contributed by atoms with Gasteiger partial charge in [-0.3, -0.25) is 4.79 Å². The molecule has 2 aromatic carbocycles. The number of hydrogen-bond acceptors (Lipinski definition) is 2. The van der Waals surface area contributed by atoms with E-state index in [1.165, 1.54) is 0 Å². The molecular weight excluding hydrogens is 405 g/mol. The van der Waals surface area contributed by atoms with Gasteiger partial charge in [0.05, 0.1) is 0 Å². The Labute approximate surface area is 173 Å². The lowest BCUT2D eigenvalue weighted by molar-refractivity contribution is -0.113. The predicted octanol–water partition coefficient (Wildman–Crippen LogP) is 5.56. The van der Waals surface area contributed by atoms with Crippen LogP contribution in [-0.2, 0) is 4.79 Å². The third kappa shape index (κ3) is 4.77. The van der Waals surface area contributed by atoms with E-state index in [0.29, 0.717) is 38.6 Å². The zero-order valence-corrected chi connectivity index (χ0v) is 16.9. The van der Waals surface area contributed by atoms with Crippen molar-refractivity contribution in [2.75, 3.05) is 13.1 Å². The average Bonchev–Trinajstić information content (AvgIpc) is 2.62. The highest BCUT2D eigenvalue weighted by molar-refractivity contribution is 8.10. The van der Waals surface area contributed by atoms with Crippen LogP contribution in [0.15, 0.2) is 59.7 Å². The number of likely N-dealkylation sites (tertiary alicyclic amines) is 1. The molecule has 0 unspecified atom stereocenters. The predicted molar refractivity (Wildman–Crippen MR) is 117 cm³/mol. The molecule has 1 aliphatic rings. The lowest BCUT2D eigenvalue weighted by Crippen LogP contribution is -2.39. The molecule has 6 heteroatoms. The fourth-order valence-corrected chi connectivity index (χ4v) is 3.22. The number of ketones is 1. The average molecular weight is 420 g/mol. The SMILES string of the molecule is O=C1/C(=C/c2ccc(Cl)cc2)CN(C(=S)S)C/C1=C\c1ccc(Cl)cc1. The lowest BCUT2D eigenvalue weighted by Gasteiger charge is -2.30. The Morgan fingerprint density at radius 1 is 0.885 bits per heavy atom. The zero-order valence-electron chi connectivity index (χ0n) is 13.7. The molecule has 0 aliphatic carbocycles. The number of hydrogen-bond donors (Lipinski definition) is 1. The molecule has 0 N–H and O–H groups in total. The van der Waals surface area contributed by atoms with Crippen molar-refractivity contribution in [2.45, 2.75) is 0 Å². The fraction of sp³-hybridized carbons (Fsp3) is 0.100. The lowest BCUT2D eigenvalue weighted by atomic mass is 9.94. The molecule has 0 saturated carbocycles. The molecule has 0 amide bonds. The summed E-state index contributed by atoms with van der Waals surface area (Å²) in [5.41, 5.74) is 3.15. The van der Waals surface area contributed by atoms with Crippen LogP contribution in [0.1, 0.15) is 11.1 Å². The summed E-state index contributed by atoms with van der Waals surface area (Å²) in [7, 11) is 0. The van der Waals surface area contributed by atoms with Crippen LogP contribution in [0.25, 0.3) is 12.2 Å². The number of thiocarbonyl (C=S) groups is 1. The molecule has 0 aromatic heterocycles. The van der Waals surface area contributed by atoms with Crippen molar-refractivity contribution in [1.82, 2.24) is 4.90 Å². The molecule has 1 saturated heterocycles. The molecule has 1 aliphatic heterocycles. The number of carbonyl (C=O) groups excluding carboxylic acids is 1. The van der Waals surface area contributed by atoms with Gasteiger partial charge in [0, 0.05) is 34.3 Å². The first-order chi connectivity index (χ1) is 12.4. The van der Waals surface area contributed by atoms with E-state index in [-0.39, 0.29) is 5.78 Å². The zero-order chi connectivity index (χ0) is 18.7. The maximum absolute atomic E-state index is 13.0. The van der Waals surface area contributed by atoms with Crippen LogP contribution >= 0.6 is 48.0 Å². The van der Waals surface area contributed by atoms with Gasteiger partial charge in [-0.05, 0) is 47.5 Å². The maximum Gasteiger partial charge on any atom is 0.188 e. The van der Waals surface area contributed by atoms with Gasteiger partial charge in [0.25, 0.3) is 0 Å². The number of rotatable bonds is 2. The van der Waals surface area contributed by atoms with Crippen molar-refractivity contribution >= 4 is 70.3 Å². The van der Waals surface area contributed by atoms with Crippen molar-refractivity contribution in [3.63, 3.8) is 0 Å². The van der Waals surface area contributed by atoms with Gasteiger partial charge in [-0.1, -0.05) is 59.7 Å². The smallest absolute Gasteiger partial charge is 0.188 e. The standard InChI is InChI=1S/C20H15Cl2NOS2/c21-17-5-1-13(2-6-17)9-15-11-23(20(25)26)12-16(19(15)24)10-14-3-7-18(22)8-4-14/h1-10H,11-12H2,(H,25,26)/b15-9+,16-10+. The second-order valence-corrected chi connectivity index (χ2v) is 7.90. The first kappa shape index (κ1) is 19.2. The van der Waals surface area contributed by atoms with Crippen molar-refractivity contribution in [1.29, 1.82) is 0 Å². The minimum absolute atomic E-state index is 0.00994. The first-order valence-electron chi connectivity index (χ1n) is 7.87. The van der Waals surface area contributed by atoms with Gasteiger partial charge in [0.1, 0.15) is 4.32 Å². The number of thiol groups is 1. The third-order valence-electron chi connectivity index (χ3n) is 4.00. The summed E-state index contributed by atoms with van der Waals surface area (Å²) in [4.78, 5) is 14.8. The van der Waals surface area contributed by atoms with Crippen LogP contribution in [0.3, 0.4) is 0 Å². The summed E-state index contributed by atoms with van der Waals surface area (Å²) in [5.74, 6) is 0.00994. The molecule has 0 bridgehead atoms. The quantitative estimate of drug-likeness (QED) is 0.390. The van der Waals surface area contributed by atoms with E-state index in [9.17, 15) is 4.79 Å². The molecule has 2 nitrogen and oxygen atoms in total. The highest BCUT2D eigenvalue weighted by atomic mass is 35.5. The molecule has 1 fully saturated rings. The number of halogens is 2. The van der Waals surface area contributed by atoms with E-state index < -0.39 is 0 Å². The summed E-state index contributed by atoms with van der Waals surface area (Å²) in [6.45, 7) is 0.865. The van der Waals surface area contributed by atoms with Crippen LogP contribution in [0.2, 0.25) is 10.0 Å². The van der Waals surface area contributed by atoms with E-state index in [1.54, 1.807) is 24.3 Å². The molecular formula is C20H15Cl2NOS2. The normalized spacial score (nSPS) is 17.8. The molecule has 0 spiro atoms. The van der Waals surface area contributed by atoms with Crippen LogP contribution in [0, 0.1) is 0 Å². The van der Waals surface area contributed by atoms with E-state index >= 15 is 0 Å². The summed E-state index contributed by atoms with van der Waals surface area (Å²) in [5, 5.41) is 1.31. The Morgan fingerprint density at radius 3 is 1.62 bits per heavy atom. The van der Waals surface area contributed by atoms with Crippen LogP contribution in [-0.4, -0.2) is 28.1 Å². The van der Waals surface area contributed by atoms with Crippen molar-refractivity contribution in [3.05, 3.63) is 80.8 Å².